The van der Waals surface area contributed by atoms with Crippen molar-refractivity contribution in [2.45, 2.75) is 24.5 Å². The van der Waals surface area contributed by atoms with Crippen LogP contribution in [0.3, 0.4) is 0 Å². The van der Waals surface area contributed by atoms with Gasteiger partial charge in [-0.3, -0.25) is 9.78 Å². The second kappa shape index (κ2) is 3.85. The van der Waals surface area contributed by atoms with Gasteiger partial charge in [-0.1, -0.05) is 0 Å². The van der Waals surface area contributed by atoms with E-state index in [9.17, 15) is 9.90 Å². The molecule has 1 unspecified atom stereocenters. The van der Waals surface area contributed by atoms with Crippen molar-refractivity contribution in [1.82, 2.24) is 4.98 Å². The van der Waals surface area contributed by atoms with Crippen molar-refractivity contribution in [3.05, 3.63) is 29.6 Å². The summed E-state index contributed by atoms with van der Waals surface area (Å²) < 4.78 is -0.729. The van der Waals surface area contributed by atoms with Crippen LogP contribution in [0, 0.1) is 6.92 Å². The van der Waals surface area contributed by atoms with Crippen molar-refractivity contribution in [2.75, 3.05) is 5.75 Å². The lowest BCUT2D eigenvalue weighted by Gasteiger charge is -2.24. The molecular weight excluding hydrogens is 210 g/mol. The maximum absolute atomic E-state index is 11.4. The highest BCUT2D eigenvalue weighted by atomic mass is 32.2. The topological polar surface area (TPSA) is 50.2 Å². The van der Waals surface area contributed by atoms with Crippen LogP contribution in [-0.4, -0.2) is 21.8 Å². The smallest absolute Gasteiger partial charge is 0.324 e. The summed E-state index contributed by atoms with van der Waals surface area (Å²) in [6.45, 7) is 1.92. The van der Waals surface area contributed by atoms with Crippen molar-refractivity contribution >= 4 is 17.7 Å². The molecule has 0 aliphatic carbocycles. The first-order valence-corrected chi connectivity index (χ1v) is 5.94. The summed E-state index contributed by atoms with van der Waals surface area (Å²) in [5.41, 5.74) is 1.88. The van der Waals surface area contributed by atoms with Crippen LogP contribution in [0.25, 0.3) is 0 Å². The van der Waals surface area contributed by atoms with Gasteiger partial charge in [-0.15, -0.1) is 11.8 Å². The highest BCUT2D eigenvalue weighted by Crippen LogP contribution is 2.47. The van der Waals surface area contributed by atoms with Gasteiger partial charge in [0.2, 0.25) is 0 Å². The number of thioether (sulfide) groups is 1. The molecule has 0 amide bonds. The van der Waals surface area contributed by atoms with Gasteiger partial charge in [-0.25, -0.2) is 0 Å². The van der Waals surface area contributed by atoms with Gasteiger partial charge in [-0.05, 0) is 42.7 Å². The summed E-state index contributed by atoms with van der Waals surface area (Å²) in [7, 11) is 0. The van der Waals surface area contributed by atoms with Gasteiger partial charge in [0.15, 0.2) is 0 Å². The SMILES string of the molecule is Cc1cnccc1C1(C(=O)O)CCCS1. The maximum atomic E-state index is 11.4. The number of hydrogen-bond acceptors (Lipinski definition) is 3. The van der Waals surface area contributed by atoms with Crippen molar-refractivity contribution in [3.8, 4) is 0 Å². The Morgan fingerprint density at radius 1 is 1.67 bits per heavy atom. The van der Waals surface area contributed by atoms with E-state index in [0.29, 0.717) is 0 Å². The lowest BCUT2D eigenvalue weighted by molar-refractivity contribution is -0.140. The second-order valence-corrected chi connectivity index (χ2v) is 5.17. The number of nitrogens with zero attached hydrogens (tertiary/aromatic N) is 1. The summed E-state index contributed by atoms with van der Waals surface area (Å²) in [6.07, 6.45) is 5.10. The molecule has 1 aromatic heterocycles. The fraction of sp³-hybridized carbons (Fsp3) is 0.455. The summed E-state index contributed by atoms with van der Waals surface area (Å²) in [5, 5.41) is 9.40. The van der Waals surface area contributed by atoms with Crippen LogP contribution in [0.15, 0.2) is 18.5 Å². The summed E-state index contributed by atoms with van der Waals surface area (Å²) in [4.78, 5) is 15.4. The molecule has 2 heterocycles. The fourth-order valence-corrected chi connectivity index (χ4v) is 3.50. The first-order valence-electron chi connectivity index (χ1n) is 4.95. The molecule has 1 saturated heterocycles. The van der Waals surface area contributed by atoms with Crippen molar-refractivity contribution in [3.63, 3.8) is 0 Å². The van der Waals surface area contributed by atoms with Crippen LogP contribution < -0.4 is 0 Å². The van der Waals surface area contributed by atoms with Gasteiger partial charge >= 0.3 is 5.97 Å². The molecule has 3 nitrogen and oxygen atoms in total. The van der Waals surface area contributed by atoms with Gasteiger partial charge in [0, 0.05) is 12.4 Å². The number of carboxylic acid groups (broad SMARTS) is 1. The lowest BCUT2D eigenvalue weighted by Crippen LogP contribution is -2.30. The summed E-state index contributed by atoms with van der Waals surface area (Å²) >= 11 is 1.54. The number of pyridine rings is 1. The number of aromatic nitrogens is 1. The molecule has 1 fully saturated rings. The van der Waals surface area contributed by atoms with Gasteiger partial charge in [0.05, 0.1) is 0 Å². The molecule has 1 atom stereocenters. The second-order valence-electron chi connectivity index (χ2n) is 3.77. The number of aryl methyl sites for hydroxylation is 1. The molecule has 15 heavy (non-hydrogen) atoms. The van der Waals surface area contributed by atoms with E-state index in [0.717, 1.165) is 29.7 Å². The van der Waals surface area contributed by atoms with Crippen molar-refractivity contribution in [1.29, 1.82) is 0 Å². The molecule has 2 rings (SSSR count). The Morgan fingerprint density at radius 2 is 2.47 bits per heavy atom. The van der Waals surface area contributed by atoms with Crippen LogP contribution >= 0.6 is 11.8 Å². The van der Waals surface area contributed by atoms with Crippen molar-refractivity contribution < 1.29 is 9.90 Å². The Kier molecular flexibility index (Phi) is 2.69. The Labute approximate surface area is 92.9 Å². The molecule has 1 aliphatic heterocycles. The highest BCUT2D eigenvalue weighted by Gasteiger charge is 2.44. The molecule has 80 valence electrons. The summed E-state index contributed by atoms with van der Waals surface area (Å²) in [6, 6.07) is 1.84. The van der Waals surface area contributed by atoms with Gasteiger partial charge in [-0.2, -0.15) is 0 Å². The Hall–Kier alpha value is -1.03. The number of carbonyl (C=O) groups is 1. The molecule has 0 aromatic carbocycles. The third-order valence-electron chi connectivity index (χ3n) is 2.82. The number of aliphatic carboxylic acids is 1. The predicted octanol–water partition coefficient (Wildman–Crippen LogP) is 2.20. The largest absolute Gasteiger partial charge is 0.480 e. The van der Waals surface area contributed by atoms with E-state index < -0.39 is 10.7 Å². The van der Waals surface area contributed by atoms with Crippen LogP contribution in [0.4, 0.5) is 0 Å². The van der Waals surface area contributed by atoms with Gasteiger partial charge < -0.3 is 5.11 Å². The normalized spacial score (nSPS) is 25.4. The fourth-order valence-electron chi connectivity index (χ4n) is 2.06. The molecule has 0 bridgehead atoms. The number of hydrogen-bond donors (Lipinski definition) is 1. The van der Waals surface area contributed by atoms with Crippen molar-refractivity contribution in [2.24, 2.45) is 0 Å². The minimum absolute atomic E-state index is 0.720. The Balaban J connectivity index is 2.50. The maximum Gasteiger partial charge on any atom is 0.324 e. The van der Waals surface area contributed by atoms with E-state index in [1.54, 1.807) is 12.4 Å². The first-order chi connectivity index (χ1) is 7.17. The van der Waals surface area contributed by atoms with Gasteiger partial charge in [0.25, 0.3) is 0 Å². The van der Waals surface area contributed by atoms with E-state index in [1.807, 2.05) is 13.0 Å². The van der Waals surface area contributed by atoms with E-state index in [4.69, 9.17) is 0 Å². The van der Waals surface area contributed by atoms with Crippen LogP contribution in [0.2, 0.25) is 0 Å². The third-order valence-corrected chi connectivity index (χ3v) is 4.41. The standard InChI is InChI=1S/C11H13NO2S/c1-8-7-12-5-3-9(8)11(10(13)14)4-2-6-15-11/h3,5,7H,2,4,6H2,1H3,(H,13,14). The number of rotatable bonds is 2. The average Bonchev–Trinajstić information content (AvgIpc) is 2.68. The third kappa shape index (κ3) is 1.63. The highest BCUT2D eigenvalue weighted by molar-refractivity contribution is 8.01. The van der Waals surface area contributed by atoms with E-state index >= 15 is 0 Å². The van der Waals surface area contributed by atoms with E-state index in [2.05, 4.69) is 4.98 Å². The molecule has 4 heteroatoms. The zero-order valence-corrected chi connectivity index (χ0v) is 9.38. The predicted molar refractivity (Wildman–Crippen MR) is 60.0 cm³/mol. The molecule has 0 radical (unpaired) electrons. The van der Waals surface area contributed by atoms with Crippen LogP contribution in [0.1, 0.15) is 24.0 Å². The Morgan fingerprint density at radius 3 is 3.00 bits per heavy atom. The minimum Gasteiger partial charge on any atom is -0.480 e. The lowest BCUT2D eigenvalue weighted by atomic mass is 9.92. The van der Waals surface area contributed by atoms with Crippen LogP contribution in [0.5, 0.6) is 0 Å². The molecule has 0 saturated carbocycles. The zero-order valence-electron chi connectivity index (χ0n) is 8.56. The summed E-state index contributed by atoms with van der Waals surface area (Å²) in [5.74, 6) is 0.202. The van der Waals surface area contributed by atoms with Crippen LogP contribution in [-0.2, 0) is 9.54 Å². The van der Waals surface area contributed by atoms with E-state index in [-0.39, 0.29) is 0 Å². The zero-order chi connectivity index (χ0) is 10.9. The average molecular weight is 223 g/mol. The van der Waals surface area contributed by atoms with E-state index in [1.165, 1.54) is 11.8 Å². The monoisotopic (exact) mass is 223 g/mol. The molecule has 0 spiro atoms. The number of carboxylic acids is 1. The molecule has 1 N–H and O–H groups in total. The molecule has 1 aromatic rings. The minimum atomic E-state index is -0.729. The van der Waals surface area contributed by atoms with Gasteiger partial charge in [0.1, 0.15) is 4.75 Å². The first kappa shape index (κ1) is 10.5. The molecular formula is C11H13NO2S. The quantitative estimate of drug-likeness (QED) is 0.835. The Bertz CT molecular complexity index is 386. The molecule has 1 aliphatic rings.